The summed E-state index contributed by atoms with van der Waals surface area (Å²) >= 11 is 6.00. The molecule has 0 radical (unpaired) electrons. The standard InChI is InChI=1S/C10H15ClN2O2S/c1-2-13-9(11)7-12-10(13)8-3-5-16(14,15)6-4-8/h7-8H,2-6H2,1H3. The van der Waals surface area contributed by atoms with Gasteiger partial charge in [0.15, 0.2) is 0 Å². The minimum absolute atomic E-state index is 0.232. The Bertz CT molecular complexity index is 467. The van der Waals surface area contributed by atoms with Gasteiger partial charge < -0.3 is 4.57 Å². The van der Waals surface area contributed by atoms with Crippen LogP contribution >= 0.6 is 11.6 Å². The van der Waals surface area contributed by atoms with Crippen LogP contribution in [0.25, 0.3) is 0 Å². The van der Waals surface area contributed by atoms with Crippen molar-refractivity contribution < 1.29 is 8.42 Å². The normalized spacial score (nSPS) is 21.1. The van der Waals surface area contributed by atoms with Crippen LogP contribution in [0.4, 0.5) is 0 Å². The molecule has 0 saturated carbocycles. The third-order valence-corrected chi connectivity index (χ3v) is 5.09. The molecule has 0 N–H and O–H groups in total. The lowest BCUT2D eigenvalue weighted by molar-refractivity contribution is 0.519. The zero-order valence-corrected chi connectivity index (χ0v) is 10.8. The maximum absolute atomic E-state index is 11.3. The molecule has 1 fully saturated rings. The number of hydrogen-bond acceptors (Lipinski definition) is 3. The highest BCUT2D eigenvalue weighted by atomic mass is 35.5. The Hall–Kier alpha value is -0.550. The quantitative estimate of drug-likeness (QED) is 0.817. The molecule has 1 aliphatic heterocycles. The van der Waals surface area contributed by atoms with E-state index in [4.69, 9.17) is 11.6 Å². The van der Waals surface area contributed by atoms with Gasteiger partial charge in [0.2, 0.25) is 0 Å². The first-order chi connectivity index (χ1) is 7.53. The van der Waals surface area contributed by atoms with Crippen molar-refractivity contribution in [1.82, 2.24) is 9.55 Å². The second-order valence-electron chi connectivity index (χ2n) is 4.11. The molecule has 4 nitrogen and oxygen atoms in total. The van der Waals surface area contributed by atoms with E-state index in [-0.39, 0.29) is 17.4 Å². The first-order valence-corrected chi connectivity index (χ1v) is 7.65. The fourth-order valence-corrected chi connectivity index (χ4v) is 3.90. The highest BCUT2D eigenvalue weighted by molar-refractivity contribution is 7.91. The largest absolute Gasteiger partial charge is 0.319 e. The van der Waals surface area contributed by atoms with Crippen LogP contribution in [0, 0.1) is 0 Å². The predicted octanol–water partition coefficient (Wildman–Crippen LogP) is 1.85. The lowest BCUT2D eigenvalue weighted by Crippen LogP contribution is -2.24. The molecule has 0 amide bonds. The summed E-state index contributed by atoms with van der Waals surface area (Å²) in [5, 5.41) is 0.630. The Balaban J connectivity index is 2.20. The molecule has 16 heavy (non-hydrogen) atoms. The van der Waals surface area contributed by atoms with Gasteiger partial charge in [0.1, 0.15) is 20.8 Å². The van der Waals surface area contributed by atoms with Crippen molar-refractivity contribution in [2.45, 2.75) is 32.2 Å². The van der Waals surface area contributed by atoms with Gasteiger partial charge in [-0.1, -0.05) is 11.6 Å². The molecule has 0 aliphatic carbocycles. The number of halogens is 1. The number of rotatable bonds is 2. The summed E-state index contributed by atoms with van der Waals surface area (Å²) in [4.78, 5) is 4.29. The summed E-state index contributed by atoms with van der Waals surface area (Å²) in [5.74, 6) is 1.70. The van der Waals surface area contributed by atoms with Crippen molar-refractivity contribution in [3.8, 4) is 0 Å². The third-order valence-electron chi connectivity index (χ3n) is 3.07. The van der Waals surface area contributed by atoms with E-state index in [2.05, 4.69) is 4.98 Å². The third kappa shape index (κ3) is 2.25. The highest BCUT2D eigenvalue weighted by Crippen LogP contribution is 2.29. The van der Waals surface area contributed by atoms with E-state index in [9.17, 15) is 8.42 Å². The van der Waals surface area contributed by atoms with E-state index in [1.165, 1.54) is 0 Å². The van der Waals surface area contributed by atoms with Crippen LogP contribution in [0.3, 0.4) is 0 Å². The van der Waals surface area contributed by atoms with Gasteiger partial charge in [-0.2, -0.15) is 0 Å². The average Bonchev–Trinajstić information content (AvgIpc) is 2.59. The van der Waals surface area contributed by atoms with Crippen molar-refractivity contribution >= 4 is 21.4 Å². The zero-order chi connectivity index (χ0) is 11.8. The second kappa shape index (κ2) is 4.37. The van der Waals surface area contributed by atoms with Gasteiger partial charge in [-0.15, -0.1) is 0 Å². The molecular weight excluding hydrogens is 248 g/mol. The van der Waals surface area contributed by atoms with Crippen molar-refractivity contribution in [3.05, 3.63) is 17.2 Å². The number of sulfone groups is 1. The molecule has 2 heterocycles. The van der Waals surface area contributed by atoms with E-state index >= 15 is 0 Å². The molecule has 0 aromatic carbocycles. The molecule has 6 heteroatoms. The molecule has 0 atom stereocenters. The lowest BCUT2D eigenvalue weighted by atomic mass is 10.0. The fourth-order valence-electron chi connectivity index (χ4n) is 2.16. The summed E-state index contributed by atoms with van der Waals surface area (Å²) in [6.45, 7) is 2.79. The number of hydrogen-bond donors (Lipinski definition) is 0. The Morgan fingerprint density at radius 2 is 2.12 bits per heavy atom. The van der Waals surface area contributed by atoms with Gasteiger partial charge in [-0.25, -0.2) is 13.4 Å². The van der Waals surface area contributed by atoms with Gasteiger partial charge in [-0.05, 0) is 19.8 Å². The minimum Gasteiger partial charge on any atom is -0.319 e. The van der Waals surface area contributed by atoms with Crippen LogP contribution in [0.1, 0.15) is 31.5 Å². The number of imidazole rings is 1. The Labute approximate surface area is 101 Å². The molecule has 90 valence electrons. The van der Waals surface area contributed by atoms with Gasteiger partial charge in [0, 0.05) is 12.5 Å². The summed E-state index contributed by atoms with van der Waals surface area (Å²) in [7, 11) is -2.81. The maximum atomic E-state index is 11.3. The smallest absolute Gasteiger partial charge is 0.150 e. The van der Waals surface area contributed by atoms with E-state index in [0.717, 1.165) is 12.4 Å². The lowest BCUT2D eigenvalue weighted by Gasteiger charge is -2.22. The summed E-state index contributed by atoms with van der Waals surface area (Å²) in [6.07, 6.45) is 2.97. The predicted molar refractivity (Wildman–Crippen MR) is 63.5 cm³/mol. The molecule has 1 aliphatic rings. The molecule has 1 aromatic rings. The van der Waals surface area contributed by atoms with E-state index < -0.39 is 9.84 Å². The van der Waals surface area contributed by atoms with E-state index in [0.29, 0.717) is 18.0 Å². The van der Waals surface area contributed by atoms with Gasteiger partial charge in [0.25, 0.3) is 0 Å². The van der Waals surface area contributed by atoms with Crippen LogP contribution in [-0.4, -0.2) is 29.5 Å². The van der Waals surface area contributed by atoms with E-state index in [1.54, 1.807) is 6.20 Å². The van der Waals surface area contributed by atoms with Crippen LogP contribution in [0.5, 0.6) is 0 Å². The Morgan fingerprint density at radius 3 is 2.69 bits per heavy atom. The van der Waals surface area contributed by atoms with Crippen LogP contribution in [-0.2, 0) is 16.4 Å². The second-order valence-corrected chi connectivity index (χ2v) is 6.80. The highest BCUT2D eigenvalue weighted by Gasteiger charge is 2.27. The molecule has 1 aromatic heterocycles. The zero-order valence-electron chi connectivity index (χ0n) is 9.19. The van der Waals surface area contributed by atoms with E-state index in [1.807, 2.05) is 11.5 Å². The number of nitrogens with zero attached hydrogens (tertiary/aromatic N) is 2. The summed E-state index contributed by atoms with van der Waals surface area (Å²) < 4.78 is 24.6. The molecule has 1 saturated heterocycles. The topological polar surface area (TPSA) is 52.0 Å². The molecule has 0 bridgehead atoms. The first-order valence-electron chi connectivity index (χ1n) is 5.45. The molecular formula is C10H15ClN2O2S. The Morgan fingerprint density at radius 1 is 1.50 bits per heavy atom. The SMILES string of the molecule is CCn1c(Cl)cnc1C1CCS(=O)(=O)CC1. The van der Waals surface area contributed by atoms with Crippen LogP contribution in [0.2, 0.25) is 5.15 Å². The molecule has 0 spiro atoms. The fraction of sp³-hybridized carbons (Fsp3) is 0.700. The molecule has 2 rings (SSSR count). The Kier molecular flexibility index (Phi) is 3.26. The van der Waals surface area contributed by atoms with Crippen LogP contribution < -0.4 is 0 Å². The summed E-state index contributed by atoms with van der Waals surface area (Å²) in [5.41, 5.74) is 0. The monoisotopic (exact) mass is 262 g/mol. The van der Waals surface area contributed by atoms with Crippen molar-refractivity contribution in [2.75, 3.05) is 11.5 Å². The molecule has 0 unspecified atom stereocenters. The van der Waals surface area contributed by atoms with Crippen LogP contribution in [0.15, 0.2) is 6.20 Å². The van der Waals surface area contributed by atoms with Crippen molar-refractivity contribution in [1.29, 1.82) is 0 Å². The first kappa shape index (κ1) is 11.9. The maximum Gasteiger partial charge on any atom is 0.150 e. The van der Waals surface area contributed by atoms with Gasteiger partial charge in [0.05, 0.1) is 17.7 Å². The number of aromatic nitrogens is 2. The van der Waals surface area contributed by atoms with Crippen molar-refractivity contribution in [2.24, 2.45) is 0 Å². The minimum atomic E-state index is -2.81. The average molecular weight is 263 g/mol. The van der Waals surface area contributed by atoms with Crippen molar-refractivity contribution in [3.63, 3.8) is 0 Å². The van der Waals surface area contributed by atoms with Gasteiger partial charge in [-0.3, -0.25) is 0 Å². The van der Waals surface area contributed by atoms with Gasteiger partial charge >= 0.3 is 0 Å². The summed E-state index contributed by atoms with van der Waals surface area (Å²) in [6, 6.07) is 0.